The molecule has 0 atom stereocenters. The number of hydrogen-bond acceptors (Lipinski definition) is 5. The molecule has 0 aliphatic carbocycles. The van der Waals surface area contributed by atoms with Gasteiger partial charge in [-0.05, 0) is 53.6 Å². The second kappa shape index (κ2) is 8.06. The fourth-order valence-electron chi connectivity index (χ4n) is 2.99. The van der Waals surface area contributed by atoms with Crippen LogP contribution in [-0.2, 0) is 12.8 Å². The van der Waals surface area contributed by atoms with E-state index in [2.05, 4.69) is 26.0 Å². The third kappa shape index (κ3) is 4.10. The van der Waals surface area contributed by atoms with E-state index in [1.807, 2.05) is 54.6 Å². The van der Waals surface area contributed by atoms with Crippen LogP contribution in [0.25, 0.3) is 10.2 Å². The Bertz CT molecular complexity index is 1090. The number of nitrogen functional groups attached to an aromatic ring is 1. The Morgan fingerprint density at radius 3 is 2.39 bits per heavy atom. The monoisotopic (exact) mass is 389 g/mol. The largest absolute Gasteiger partial charge is 0.383 e. The zero-order valence-electron chi connectivity index (χ0n) is 15.1. The topological polar surface area (TPSA) is 92.9 Å². The fourth-order valence-corrected chi connectivity index (χ4v) is 3.94. The second-order valence-electron chi connectivity index (χ2n) is 6.34. The number of urea groups is 1. The number of anilines is 3. The van der Waals surface area contributed by atoms with E-state index < -0.39 is 0 Å². The molecule has 4 aromatic rings. The van der Waals surface area contributed by atoms with E-state index in [-0.39, 0.29) is 6.03 Å². The summed E-state index contributed by atoms with van der Waals surface area (Å²) in [6, 6.07) is 16.9. The fraction of sp³-hybridized carbons (Fsp3) is 0.0952. The first-order valence-electron chi connectivity index (χ1n) is 8.87. The van der Waals surface area contributed by atoms with E-state index in [4.69, 9.17) is 5.73 Å². The number of nitrogens with two attached hydrogens (primary N) is 1. The first-order chi connectivity index (χ1) is 13.7. The maximum atomic E-state index is 12.1. The van der Waals surface area contributed by atoms with Gasteiger partial charge in [0.25, 0.3) is 0 Å². The van der Waals surface area contributed by atoms with Crippen molar-refractivity contribution < 1.29 is 4.79 Å². The Morgan fingerprint density at radius 2 is 1.64 bits per heavy atom. The zero-order valence-corrected chi connectivity index (χ0v) is 15.9. The van der Waals surface area contributed by atoms with Crippen LogP contribution in [0.4, 0.5) is 22.0 Å². The van der Waals surface area contributed by atoms with Gasteiger partial charge in [0.15, 0.2) is 0 Å². The summed E-state index contributed by atoms with van der Waals surface area (Å²) in [4.78, 5) is 21.3. The lowest BCUT2D eigenvalue weighted by molar-refractivity contribution is 0.262. The normalized spacial score (nSPS) is 10.7. The molecule has 0 saturated carbocycles. The van der Waals surface area contributed by atoms with Gasteiger partial charge in [-0.1, -0.05) is 30.3 Å². The van der Waals surface area contributed by atoms with Crippen molar-refractivity contribution in [1.82, 2.24) is 9.97 Å². The number of aryl methyl sites for hydroxylation is 2. The maximum absolute atomic E-state index is 12.1. The van der Waals surface area contributed by atoms with Gasteiger partial charge in [-0.3, -0.25) is 0 Å². The molecule has 0 spiro atoms. The molecule has 0 unspecified atom stereocenters. The lowest BCUT2D eigenvalue weighted by Crippen LogP contribution is -2.19. The number of para-hydroxylation sites is 1. The van der Waals surface area contributed by atoms with E-state index >= 15 is 0 Å². The molecule has 140 valence electrons. The minimum Gasteiger partial charge on any atom is -0.383 e. The average molecular weight is 389 g/mol. The minimum absolute atomic E-state index is 0.265. The van der Waals surface area contributed by atoms with Crippen molar-refractivity contribution >= 4 is 44.8 Å². The molecule has 0 aliphatic rings. The predicted octanol–water partition coefficient (Wildman–Crippen LogP) is 4.70. The highest BCUT2D eigenvalue weighted by atomic mass is 32.1. The zero-order chi connectivity index (χ0) is 19.3. The van der Waals surface area contributed by atoms with Gasteiger partial charge in [-0.2, -0.15) is 0 Å². The molecule has 2 heterocycles. The van der Waals surface area contributed by atoms with Gasteiger partial charge in [-0.15, -0.1) is 11.3 Å². The summed E-state index contributed by atoms with van der Waals surface area (Å²) in [5, 5.41) is 8.69. The number of fused-ring (bicyclic) bond motifs is 1. The summed E-state index contributed by atoms with van der Waals surface area (Å²) in [6.45, 7) is 0. The summed E-state index contributed by atoms with van der Waals surface area (Å²) >= 11 is 1.59. The number of aromatic nitrogens is 2. The SMILES string of the molecule is Nc1ncnc2scc(CCc3ccc(NC(=O)Nc4ccccc4)cc3)c12. The van der Waals surface area contributed by atoms with Gasteiger partial charge >= 0.3 is 6.03 Å². The smallest absolute Gasteiger partial charge is 0.323 e. The average Bonchev–Trinajstić information content (AvgIpc) is 3.13. The molecule has 2 amide bonds. The molecule has 6 nitrogen and oxygen atoms in total. The summed E-state index contributed by atoms with van der Waals surface area (Å²) in [5.41, 5.74) is 9.85. The Labute approximate surface area is 166 Å². The van der Waals surface area contributed by atoms with Crippen LogP contribution < -0.4 is 16.4 Å². The van der Waals surface area contributed by atoms with Crippen LogP contribution in [0.5, 0.6) is 0 Å². The van der Waals surface area contributed by atoms with Crippen LogP contribution in [0.2, 0.25) is 0 Å². The molecule has 7 heteroatoms. The summed E-state index contributed by atoms with van der Waals surface area (Å²) < 4.78 is 0. The number of rotatable bonds is 5. The number of carbonyl (C=O) groups excluding carboxylic acids is 1. The number of nitrogens with zero attached hydrogens (tertiary/aromatic N) is 2. The Morgan fingerprint density at radius 1 is 0.929 bits per heavy atom. The van der Waals surface area contributed by atoms with Crippen molar-refractivity contribution in [1.29, 1.82) is 0 Å². The van der Waals surface area contributed by atoms with Crippen LogP contribution in [0, 0.1) is 0 Å². The molecule has 28 heavy (non-hydrogen) atoms. The molecule has 0 radical (unpaired) electrons. The Balaban J connectivity index is 1.36. The molecule has 4 rings (SSSR count). The minimum atomic E-state index is -0.265. The number of benzene rings is 2. The van der Waals surface area contributed by atoms with Crippen molar-refractivity contribution in [2.45, 2.75) is 12.8 Å². The van der Waals surface area contributed by atoms with Gasteiger partial charge in [-0.25, -0.2) is 14.8 Å². The van der Waals surface area contributed by atoms with Crippen molar-refractivity contribution in [2.75, 3.05) is 16.4 Å². The van der Waals surface area contributed by atoms with E-state index in [1.54, 1.807) is 11.3 Å². The highest BCUT2D eigenvalue weighted by Gasteiger charge is 2.09. The molecule has 4 N–H and O–H groups in total. The van der Waals surface area contributed by atoms with Crippen LogP contribution in [0.3, 0.4) is 0 Å². The Hall–Kier alpha value is -3.45. The third-order valence-corrected chi connectivity index (χ3v) is 5.34. The highest BCUT2D eigenvalue weighted by molar-refractivity contribution is 7.17. The summed E-state index contributed by atoms with van der Waals surface area (Å²) in [6.07, 6.45) is 3.23. The first kappa shape index (κ1) is 17.9. The Kier molecular flexibility index (Phi) is 5.16. The van der Waals surface area contributed by atoms with Gasteiger partial charge < -0.3 is 16.4 Å². The summed E-state index contributed by atoms with van der Waals surface area (Å²) in [7, 11) is 0. The highest BCUT2D eigenvalue weighted by Crippen LogP contribution is 2.28. The molecule has 2 aromatic carbocycles. The standard InChI is InChI=1S/C21H19N5OS/c22-19-18-15(12-28-20(18)24-13-23-19)9-6-14-7-10-17(11-8-14)26-21(27)25-16-4-2-1-3-5-16/h1-5,7-8,10-13H,6,9H2,(H2,22,23,24)(H2,25,26,27). The van der Waals surface area contributed by atoms with Gasteiger partial charge in [0.05, 0.1) is 5.39 Å². The predicted molar refractivity (Wildman–Crippen MR) is 115 cm³/mol. The van der Waals surface area contributed by atoms with Crippen LogP contribution >= 0.6 is 11.3 Å². The molecule has 0 saturated heterocycles. The number of thiophene rings is 1. The van der Waals surface area contributed by atoms with E-state index in [9.17, 15) is 4.79 Å². The van der Waals surface area contributed by atoms with Crippen molar-refractivity contribution in [2.24, 2.45) is 0 Å². The number of hydrogen-bond donors (Lipinski definition) is 3. The quantitative estimate of drug-likeness (QED) is 0.461. The van der Waals surface area contributed by atoms with Crippen molar-refractivity contribution in [3.63, 3.8) is 0 Å². The van der Waals surface area contributed by atoms with Crippen LogP contribution in [0.1, 0.15) is 11.1 Å². The third-order valence-electron chi connectivity index (χ3n) is 4.40. The lowest BCUT2D eigenvalue weighted by atomic mass is 10.0. The number of carbonyl (C=O) groups is 1. The molecule has 0 bridgehead atoms. The van der Waals surface area contributed by atoms with Gasteiger partial charge in [0.1, 0.15) is 17.0 Å². The first-order valence-corrected chi connectivity index (χ1v) is 9.75. The van der Waals surface area contributed by atoms with Gasteiger partial charge in [0.2, 0.25) is 0 Å². The van der Waals surface area contributed by atoms with E-state index in [1.165, 1.54) is 17.5 Å². The molecule has 0 aliphatic heterocycles. The second-order valence-corrected chi connectivity index (χ2v) is 7.20. The number of nitrogens with one attached hydrogen (secondary N) is 2. The molecular weight excluding hydrogens is 370 g/mol. The molecular formula is C21H19N5OS. The van der Waals surface area contributed by atoms with E-state index in [0.29, 0.717) is 5.82 Å². The maximum Gasteiger partial charge on any atom is 0.323 e. The van der Waals surface area contributed by atoms with Crippen LogP contribution in [-0.4, -0.2) is 16.0 Å². The molecule has 2 aromatic heterocycles. The van der Waals surface area contributed by atoms with E-state index in [0.717, 1.165) is 34.4 Å². The number of amides is 2. The molecule has 0 fully saturated rings. The van der Waals surface area contributed by atoms with Crippen molar-refractivity contribution in [3.05, 3.63) is 77.4 Å². The summed E-state index contributed by atoms with van der Waals surface area (Å²) in [5.74, 6) is 0.533. The van der Waals surface area contributed by atoms with Crippen LogP contribution in [0.15, 0.2) is 66.3 Å². The lowest BCUT2D eigenvalue weighted by Gasteiger charge is -2.08. The van der Waals surface area contributed by atoms with Gasteiger partial charge in [0, 0.05) is 11.4 Å². The van der Waals surface area contributed by atoms with Crippen molar-refractivity contribution in [3.8, 4) is 0 Å².